The summed E-state index contributed by atoms with van der Waals surface area (Å²) in [6.45, 7) is 7.53. The molecule has 2 aromatic heterocycles. The largest absolute Gasteiger partial charge is 0.339 e. The Morgan fingerprint density at radius 2 is 2.33 bits per heavy atom. The highest BCUT2D eigenvalue weighted by Crippen LogP contribution is 2.23. The number of hydrogen-bond donors (Lipinski definition) is 1. The van der Waals surface area contributed by atoms with Crippen molar-refractivity contribution in [1.82, 2.24) is 20.4 Å². The Balaban J connectivity index is 1.58. The Morgan fingerprint density at radius 1 is 1.50 bits per heavy atom. The fourth-order valence-corrected chi connectivity index (χ4v) is 3.54. The minimum absolute atomic E-state index is 0.0108. The standard InChI is InChI=1S/C17H24N4O2S/c1-17(2,3)19-16(22)21-7-4-5-12(10-21)9-14-18-15(20-23-14)13-6-8-24-11-13/h6,8,11-12H,4-5,7,9-10H2,1-3H3,(H,19,22)/t12-/m1/s1. The van der Waals surface area contributed by atoms with E-state index in [1.165, 1.54) is 0 Å². The number of nitrogens with zero attached hydrogens (tertiary/aromatic N) is 3. The van der Waals surface area contributed by atoms with E-state index in [2.05, 4.69) is 15.5 Å². The van der Waals surface area contributed by atoms with Gasteiger partial charge in [-0.05, 0) is 51.0 Å². The summed E-state index contributed by atoms with van der Waals surface area (Å²) in [4.78, 5) is 18.7. The average molecular weight is 348 g/mol. The maximum atomic E-state index is 12.3. The molecule has 1 saturated heterocycles. The summed E-state index contributed by atoms with van der Waals surface area (Å²) in [5.41, 5.74) is 0.774. The van der Waals surface area contributed by atoms with Crippen LogP contribution in [0.25, 0.3) is 11.4 Å². The second kappa shape index (κ2) is 6.93. The molecule has 1 aliphatic rings. The molecule has 0 aliphatic carbocycles. The van der Waals surface area contributed by atoms with E-state index in [0.29, 0.717) is 17.6 Å². The summed E-state index contributed by atoms with van der Waals surface area (Å²) in [5.74, 6) is 1.66. The number of urea groups is 1. The zero-order valence-electron chi connectivity index (χ0n) is 14.4. The molecule has 0 spiro atoms. The van der Waals surface area contributed by atoms with Gasteiger partial charge in [-0.2, -0.15) is 16.3 Å². The molecule has 1 aliphatic heterocycles. The monoisotopic (exact) mass is 348 g/mol. The SMILES string of the molecule is CC(C)(C)NC(=O)N1CCC[C@H](Cc2nc(-c3ccsc3)no2)C1. The molecule has 1 fully saturated rings. The summed E-state index contributed by atoms with van der Waals surface area (Å²) < 4.78 is 5.39. The Kier molecular flexibility index (Phi) is 4.89. The molecule has 24 heavy (non-hydrogen) atoms. The van der Waals surface area contributed by atoms with Crippen molar-refractivity contribution in [2.75, 3.05) is 13.1 Å². The third kappa shape index (κ3) is 4.35. The lowest BCUT2D eigenvalue weighted by Gasteiger charge is -2.34. The van der Waals surface area contributed by atoms with Crippen LogP contribution in [-0.4, -0.2) is 39.7 Å². The van der Waals surface area contributed by atoms with E-state index in [0.717, 1.165) is 37.9 Å². The highest BCUT2D eigenvalue weighted by Gasteiger charge is 2.27. The first-order valence-electron chi connectivity index (χ1n) is 8.33. The van der Waals surface area contributed by atoms with Crippen LogP contribution in [0.5, 0.6) is 0 Å². The molecule has 0 unspecified atom stereocenters. The summed E-state index contributed by atoms with van der Waals surface area (Å²) in [6.07, 6.45) is 2.81. The number of thiophene rings is 1. The van der Waals surface area contributed by atoms with Crippen molar-refractivity contribution < 1.29 is 9.32 Å². The molecule has 130 valence electrons. The van der Waals surface area contributed by atoms with Gasteiger partial charge in [-0.15, -0.1) is 0 Å². The Bertz CT molecular complexity index is 675. The topological polar surface area (TPSA) is 71.3 Å². The predicted molar refractivity (Wildman–Crippen MR) is 93.9 cm³/mol. The molecule has 2 amide bonds. The van der Waals surface area contributed by atoms with Gasteiger partial charge in [-0.25, -0.2) is 4.79 Å². The van der Waals surface area contributed by atoms with Gasteiger partial charge < -0.3 is 14.7 Å². The van der Waals surface area contributed by atoms with Crippen LogP contribution in [0.2, 0.25) is 0 Å². The highest BCUT2D eigenvalue weighted by molar-refractivity contribution is 7.08. The van der Waals surface area contributed by atoms with Gasteiger partial charge in [-0.3, -0.25) is 0 Å². The quantitative estimate of drug-likeness (QED) is 0.920. The maximum Gasteiger partial charge on any atom is 0.317 e. The van der Waals surface area contributed by atoms with Gasteiger partial charge in [0.2, 0.25) is 11.7 Å². The first kappa shape index (κ1) is 17.0. The van der Waals surface area contributed by atoms with Gasteiger partial charge in [0.25, 0.3) is 0 Å². The lowest BCUT2D eigenvalue weighted by Crippen LogP contribution is -2.51. The van der Waals surface area contributed by atoms with Gasteiger partial charge in [-0.1, -0.05) is 5.16 Å². The molecule has 1 atom stereocenters. The zero-order chi connectivity index (χ0) is 17.2. The number of carbonyl (C=O) groups excluding carboxylic acids is 1. The number of piperidine rings is 1. The van der Waals surface area contributed by atoms with E-state index in [1.807, 2.05) is 42.5 Å². The Hall–Kier alpha value is -1.89. The first-order valence-corrected chi connectivity index (χ1v) is 9.27. The smallest absolute Gasteiger partial charge is 0.317 e. The Morgan fingerprint density at radius 3 is 3.04 bits per heavy atom. The molecule has 0 radical (unpaired) electrons. The molecular weight excluding hydrogens is 324 g/mol. The predicted octanol–water partition coefficient (Wildman–Crippen LogP) is 3.56. The number of likely N-dealkylation sites (tertiary alicyclic amines) is 1. The van der Waals surface area contributed by atoms with Crippen LogP contribution < -0.4 is 5.32 Å². The van der Waals surface area contributed by atoms with Crippen molar-refractivity contribution in [3.8, 4) is 11.4 Å². The fourth-order valence-electron chi connectivity index (χ4n) is 2.91. The van der Waals surface area contributed by atoms with Crippen molar-refractivity contribution in [3.05, 3.63) is 22.7 Å². The number of carbonyl (C=O) groups is 1. The molecule has 3 heterocycles. The molecule has 2 aromatic rings. The maximum absolute atomic E-state index is 12.3. The number of hydrogen-bond acceptors (Lipinski definition) is 5. The minimum atomic E-state index is -0.216. The van der Waals surface area contributed by atoms with Gasteiger partial charge >= 0.3 is 6.03 Å². The average Bonchev–Trinajstić information content (AvgIpc) is 3.16. The summed E-state index contributed by atoms with van der Waals surface area (Å²) in [7, 11) is 0. The lowest BCUT2D eigenvalue weighted by atomic mass is 9.95. The summed E-state index contributed by atoms with van der Waals surface area (Å²) >= 11 is 1.61. The third-order valence-electron chi connectivity index (χ3n) is 4.00. The number of rotatable bonds is 3. The Labute approximate surface area is 146 Å². The van der Waals surface area contributed by atoms with Crippen LogP contribution in [0.3, 0.4) is 0 Å². The highest BCUT2D eigenvalue weighted by atomic mass is 32.1. The van der Waals surface area contributed by atoms with Crippen LogP contribution in [0.4, 0.5) is 4.79 Å². The van der Waals surface area contributed by atoms with Gasteiger partial charge in [0.1, 0.15) is 0 Å². The molecule has 7 heteroatoms. The lowest BCUT2D eigenvalue weighted by molar-refractivity contribution is 0.155. The van der Waals surface area contributed by atoms with Crippen molar-refractivity contribution in [1.29, 1.82) is 0 Å². The van der Waals surface area contributed by atoms with Crippen LogP contribution in [0.15, 0.2) is 21.3 Å². The molecule has 0 bridgehead atoms. The van der Waals surface area contributed by atoms with Crippen molar-refractivity contribution in [3.63, 3.8) is 0 Å². The van der Waals surface area contributed by atoms with E-state index >= 15 is 0 Å². The van der Waals surface area contributed by atoms with Crippen LogP contribution in [-0.2, 0) is 6.42 Å². The van der Waals surface area contributed by atoms with Crippen LogP contribution >= 0.6 is 11.3 Å². The van der Waals surface area contributed by atoms with E-state index in [4.69, 9.17) is 4.52 Å². The normalized spacial score (nSPS) is 18.6. The first-order chi connectivity index (χ1) is 11.4. The summed E-state index contributed by atoms with van der Waals surface area (Å²) in [6, 6.07) is 2.00. The van der Waals surface area contributed by atoms with E-state index < -0.39 is 0 Å². The van der Waals surface area contributed by atoms with E-state index in [9.17, 15) is 4.79 Å². The molecule has 0 saturated carbocycles. The molecule has 0 aromatic carbocycles. The third-order valence-corrected chi connectivity index (χ3v) is 4.68. The van der Waals surface area contributed by atoms with Gasteiger partial charge in [0.05, 0.1) is 0 Å². The number of aromatic nitrogens is 2. The van der Waals surface area contributed by atoms with Crippen LogP contribution in [0, 0.1) is 5.92 Å². The van der Waals surface area contributed by atoms with Gasteiger partial charge in [0.15, 0.2) is 0 Å². The zero-order valence-corrected chi connectivity index (χ0v) is 15.2. The van der Waals surface area contributed by atoms with Gasteiger partial charge in [0, 0.05) is 36.0 Å². The molecule has 3 rings (SSSR count). The van der Waals surface area contributed by atoms with Crippen molar-refractivity contribution in [2.45, 2.75) is 45.6 Å². The fraction of sp³-hybridized carbons (Fsp3) is 0.588. The van der Waals surface area contributed by atoms with Crippen LogP contribution in [0.1, 0.15) is 39.5 Å². The second-order valence-electron chi connectivity index (χ2n) is 7.36. The van der Waals surface area contributed by atoms with Crippen molar-refractivity contribution in [2.24, 2.45) is 5.92 Å². The molecule has 1 N–H and O–H groups in total. The number of nitrogens with one attached hydrogen (secondary N) is 1. The van der Waals surface area contributed by atoms with E-state index in [1.54, 1.807) is 11.3 Å². The van der Waals surface area contributed by atoms with Crippen molar-refractivity contribution >= 4 is 17.4 Å². The summed E-state index contributed by atoms with van der Waals surface area (Å²) in [5, 5.41) is 11.1. The minimum Gasteiger partial charge on any atom is -0.339 e. The number of amides is 2. The molecule has 6 nitrogen and oxygen atoms in total. The van der Waals surface area contributed by atoms with E-state index in [-0.39, 0.29) is 11.6 Å². The molecular formula is C17H24N4O2S. The second-order valence-corrected chi connectivity index (χ2v) is 8.14.